The van der Waals surface area contributed by atoms with Gasteiger partial charge in [-0.3, -0.25) is 5.32 Å². The van der Waals surface area contributed by atoms with Crippen LogP contribution in [0.4, 0.5) is 9.80 Å². The predicted octanol–water partition coefficient (Wildman–Crippen LogP) is 3.96. The maximum Gasteiger partial charge on any atom is 0.340 e. The van der Waals surface area contributed by atoms with Crippen LogP contribution < -0.4 is 10.7 Å². The van der Waals surface area contributed by atoms with Gasteiger partial charge in [-0.2, -0.15) is 10.4 Å². The zero-order valence-electron chi connectivity index (χ0n) is 13.4. The van der Waals surface area contributed by atoms with E-state index in [9.17, 15) is 10.1 Å². The lowest BCUT2D eigenvalue weighted by atomic mass is 9.96. The summed E-state index contributed by atoms with van der Waals surface area (Å²) in [5, 5.41) is 16.7. The first-order chi connectivity index (χ1) is 11.7. The summed E-state index contributed by atoms with van der Waals surface area (Å²) in [6, 6.07) is 9.62. The lowest BCUT2D eigenvalue weighted by Crippen LogP contribution is -2.24. The number of nitriles is 1. The van der Waals surface area contributed by atoms with Gasteiger partial charge >= 0.3 is 6.03 Å². The van der Waals surface area contributed by atoms with Crippen molar-refractivity contribution in [1.29, 1.82) is 5.26 Å². The Kier molecular flexibility index (Phi) is 4.92. The van der Waals surface area contributed by atoms with Gasteiger partial charge in [0.2, 0.25) is 0 Å². The summed E-state index contributed by atoms with van der Waals surface area (Å²) in [7, 11) is 0. The molecular formula is C18H18N4OS. The number of carbonyl (C=O) groups excluding carboxylic acids is 1. The highest BCUT2D eigenvalue weighted by Crippen LogP contribution is 2.37. The molecular weight excluding hydrogens is 320 g/mol. The number of hydrogen-bond donors (Lipinski definition) is 2. The third-order valence-electron chi connectivity index (χ3n) is 3.97. The van der Waals surface area contributed by atoms with E-state index < -0.39 is 6.03 Å². The predicted molar refractivity (Wildman–Crippen MR) is 96.6 cm³/mol. The Hall–Kier alpha value is -2.65. The van der Waals surface area contributed by atoms with Gasteiger partial charge in [-0.05, 0) is 43.7 Å². The van der Waals surface area contributed by atoms with Crippen molar-refractivity contribution < 1.29 is 4.79 Å². The molecule has 6 heteroatoms. The minimum atomic E-state index is -0.437. The number of carbonyl (C=O) groups is 1. The number of hydrogen-bond acceptors (Lipinski definition) is 4. The van der Waals surface area contributed by atoms with Gasteiger partial charge in [-0.25, -0.2) is 10.2 Å². The minimum Gasteiger partial charge on any atom is -0.297 e. The molecule has 1 aliphatic rings. The number of fused-ring (bicyclic) bond motifs is 1. The molecule has 0 saturated heterocycles. The number of nitrogens with zero attached hydrogens (tertiary/aromatic N) is 2. The van der Waals surface area contributed by atoms with E-state index >= 15 is 0 Å². The molecule has 122 valence electrons. The van der Waals surface area contributed by atoms with Crippen LogP contribution in [0.25, 0.3) is 0 Å². The van der Waals surface area contributed by atoms with Gasteiger partial charge in [0, 0.05) is 4.88 Å². The van der Waals surface area contributed by atoms with Crippen molar-refractivity contribution in [3.8, 4) is 6.07 Å². The van der Waals surface area contributed by atoms with Gasteiger partial charge in [0.05, 0.1) is 11.8 Å². The van der Waals surface area contributed by atoms with Crippen LogP contribution in [-0.4, -0.2) is 12.2 Å². The maximum atomic E-state index is 12.0. The van der Waals surface area contributed by atoms with Crippen LogP contribution in [0.3, 0.4) is 0 Å². The molecule has 0 unspecified atom stereocenters. The molecule has 0 aliphatic heterocycles. The Morgan fingerprint density at radius 1 is 1.29 bits per heavy atom. The number of thiophene rings is 1. The Morgan fingerprint density at radius 3 is 2.79 bits per heavy atom. The normalized spacial score (nSPS) is 13.3. The number of hydrazone groups is 1. The van der Waals surface area contributed by atoms with E-state index in [2.05, 4.69) is 21.9 Å². The van der Waals surface area contributed by atoms with E-state index in [1.54, 1.807) is 6.21 Å². The molecule has 1 heterocycles. The highest BCUT2D eigenvalue weighted by molar-refractivity contribution is 7.16. The monoisotopic (exact) mass is 338 g/mol. The smallest absolute Gasteiger partial charge is 0.297 e. The molecule has 0 spiro atoms. The molecule has 0 fully saturated rings. The van der Waals surface area contributed by atoms with Gasteiger partial charge in [0.1, 0.15) is 11.1 Å². The largest absolute Gasteiger partial charge is 0.340 e. The third kappa shape index (κ3) is 3.63. The molecule has 2 amide bonds. The summed E-state index contributed by atoms with van der Waals surface area (Å²) in [4.78, 5) is 13.2. The lowest BCUT2D eigenvalue weighted by molar-refractivity contribution is 0.252. The summed E-state index contributed by atoms with van der Waals surface area (Å²) >= 11 is 1.50. The van der Waals surface area contributed by atoms with Crippen LogP contribution in [0, 0.1) is 18.3 Å². The van der Waals surface area contributed by atoms with Crippen molar-refractivity contribution in [3.63, 3.8) is 0 Å². The first-order valence-corrected chi connectivity index (χ1v) is 8.70. The van der Waals surface area contributed by atoms with Crippen LogP contribution in [-0.2, 0) is 12.8 Å². The molecule has 3 rings (SSSR count). The first kappa shape index (κ1) is 16.2. The van der Waals surface area contributed by atoms with E-state index in [1.807, 2.05) is 31.2 Å². The molecule has 2 aromatic rings. The van der Waals surface area contributed by atoms with E-state index in [0.717, 1.165) is 36.8 Å². The number of benzene rings is 1. The van der Waals surface area contributed by atoms with Crippen molar-refractivity contribution in [1.82, 2.24) is 5.43 Å². The number of rotatable bonds is 3. The van der Waals surface area contributed by atoms with Crippen molar-refractivity contribution in [2.24, 2.45) is 5.10 Å². The Balaban J connectivity index is 1.64. The molecule has 1 aliphatic carbocycles. The van der Waals surface area contributed by atoms with Crippen LogP contribution in [0.1, 0.15) is 40.0 Å². The number of nitrogens with one attached hydrogen (secondary N) is 2. The van der Waals surface area contributed by atoms with E-state index in [0.29, 0.717) is 10.6 Å². The second-order valence-corrected chi connectivity index (χ2v) is 6.87. The summed E-state index contributed by atoms with van der Waals surface area (Å²) in [5.74, 6) is 0. The second-order valence-electron chi connectivity index (χ2n) is 5.76. The van der Waals surface area contributed by atoms with Crippen LogP contribution in [0.5, 0.6) is 0 Å². The number of urea groups is 1. The highest BCUT2D eigenvalue weighted by Gasteiger charge is 2.21. The minimum absolute atomic E-state index is 0.437. The van der Waals surface area contributed by atoms with Gasteiger partial charge in [-0.1, -0.05) is 29.8 Å². The van der Waals surface area contributed by atoms with Crippen LogP contribution >= 0.6 is 11.3 Å². The lowest BCUT2D eigenvalue weighted by Gasteiger charge is -2.09. The highest BCUT2D eigenvalue weighted by atomic mass is 32.1. The molecule has 2 N–H and O–H groups in total. The molecule has 0 bridgehead atoms. The van der Waals surface area contributed by atoms with E-state index in [1.165, 1.54) is 21.8 Å². The fourth-order valence-corrected chi connectivity index (χ4v) is 3.96. The Morgan fingerprint density at radius 2 is 2.04 bits per heavy atom. The quantitative estimate of drug-likeness (QED) is 0.656. The standard InChI is InChI=1S/C18H18N4OS/c1-12-6-8-13(9-7-12)11-20-22-18(23)21-17-15(10-19)14-4-2-3-5-16(14)24-17/h6-9,11H,2-5H2,1H3,(H2,21,22,23)/b20-11+. The fraction of sp³-hybridized carbons (Fsp3) is 0.278. The fourth-order valence-electron chi connectivity index (χ4n) is 2.72. The Labute approximate surface area is 145 Å². The number of amides is 2. The SMILES string of the molecule is Cc1ccc(/C=N/NC(=O)Nc2sc3c(c2C#N)CCCC3)cc1. The number of anilines is 1. The van der Waals surface area contributed by atoms with Crippen molar-refractivity contribution in [2.75, 3.05) is 5.32 Å². The van der Waals surface area contributed by atoms with Crippen LogP contribution in [0.15, 0.2) is 29.4 Å². The molecule has 24 heavy (non-hydrogen) atoms. The van der Waals surface area contributed by atoms with Crippen LogP contribution in [0.2, 0.25) is 0 Å². The first-order valence-electron chi connectivity index (χ1n) is 7.88. The second kappa shape index (κ2) is 7.28. The van der Waals surface area contributed by atoms with Gasteiger partial charge < -0.3 is 0 Å². The summed E-state index contributed by atoms with van der Waals surface area (Å²) in [6.07, 6.45) is 5.74. The van der Waals surface area contributed by atoms with Gasteiger partial charge in [0.15, 0.2) is 0 Å². The zero-order chi connectivity index (χ0) is 16.9. The summed E-state index contributed by atoms with van der Waals surface area (Å²) < 4.78 is 0. The Bertz CT molecular complexity index is 815. The van der Waals surface area contributed by atoms with E-state index in [4.69, 9.17) is 0 Å². The average molecular weight is 338 g/mol. The average Bonchev–Trinajstić information content (AvgIpc) is 2.93. The van der Waals surface area contributed by atoms with Gasteiger partial charge in [-0.15, -0.1) is 11.3 Å². The van der Waals surface area contributed by atoms with Crippen molar-refractivity contribution >= 4 is 28.6 Å². The van der Waals surface area contributed by atoms with Crippen molar-refractivity contribution in [3.05, 3.63) is 51.4 Å². The molecule has 0 saturated carbocycles. The van der Waals surface area contributed by atoms with Gasteiger partial charge in [0.25, 0.3) is 0 Å². The molecule has 1 aromatic heterocycles. The summed E-state index contributed by atoms with van der Waals surface area (Å²) in [5.41, 5.74) is 6.23. The maximum absolute atomic E-state index is 12.0. The molecule has 5 nitrogen and oxygen atoms in total. The topological polar surface area (TPSA) is 77.3 Å². The molecule has 0 atom stereocenters. The molecule has 0 radical (unpaired) electrons. The number of aryl methyl sites for hydroxylation is 2. The summed E-state index contributed by atoms with van der Waals surface area (Å²) in [6.45, 7) is 2.01. The third-order valence-corrected chi connectivity index (χ3v) is 5.17. The molecule has 1 aromatic carbocycles. The zero-order valence-corrected chi connectivity index (χ0v) is 14.2. The van der Waals surface area contributed by atoms with E-state index in [-0.39, 0.29) is 0 Å². The van der Waals surface area contributed by atoms with Crippen molar-refractivity contribution in [2.45, 2.75) is 32.6 Å².